The predicted octanol–water partition coefficient (Wildman–Crippen LogP) is 4.26. The first kappa shape index (κ1) is 19.7. The minimum absolute atomic E-state index is 0.0650. The molecule has 7 nitrogen and oxygen atoms in total. The Morgan fingerprint density at radius 1 is 1.29 bits per heavy atom. The van der Waals surface area contributed by atoms with Gasteiger partial charge in [0.05, 0.1) is 12.2 Å². The molecule has 162 valence electrons. The molecule has 2 N–H and O–H groups in total. The quantitative estimate of drug-likeness (QED) is 0.621. The summed E-state index contributed by atoms with van der Waals surface area (Å²) in [4.78, 5) is 13.6. The van der Waals surface area contributed by atoms with Crippen molar-refractivity contribution in [2.75, 3.05) is 12.1 Å². The second kappa shape index (κ2) is 7.49. The van der Waals surface area contributed by atoms with Crippen LogP contribution in [0.4, 0.5) is 19.0 Å². The van der Waals surface area contributed by atoms with E-state index in [1.807, 2.05) is 5.38 Å². The molecule has 2 aliphatic rings. The second-order valence-electron chi connectivity index (χ2n) is 7.23. The van der Waals surface area contributed by atoms with Gasteiger partial charge in [0.15, 0.2) is 17.5 Å². The number of carbonyl (C=O) groups excluding carboxylic acids is 1. The lowest BCUT2D eigenvalue weighted by Crippen LogP contribution is -2.36. The van der Waals surface area contributed by atoms with Gasteiger partial charge in [-0.2, -0.15) is 18.3 Å². The Kier molecular flexibility index (Phi) is 4.77. The molecule has 1 aromatic carbocycles. The zero-order valence-corrected chi connectivity index (χ0v) is 16.8. The molecule has 5 rings (SSSR count). The van der Waals surface area contributed by atoms with Crippen LogP contribution in [0.1, 0.15) is 39.3 Å². The molecule has 4 heterocycles. The van der Waals surface area contributed by atoms with Crippen LogP contribution in [-0.2, 0) is 6.54 Å². The lowest BCUT2D eigenvalue weighted by atomic mass is 10.0. The lowest BCUT2D eigenvalue weighted by molar-refractivity contribution is -0.173. The van der Waals surface area contributed by atoms with E-state index < -0.39 is 24.2 Å². The molecule has 0 bridgehead atoms. The van der Waals surface area contributed by atoms with Crippen LogP contribution in [0, 0.1) is 0 Å². The van der Waals surface area contributed by atoms with Gasteiger partial charge in [0.25, 0.3) is 5.91 Å². The summed E-state index contributed by atoms with van der Waals surface area (Å²) in [5.74, 6) is 0.764. The highest BCUT2D eigenvalue weighted by Crippen LogP contribution is 2.45. The molecule has 2 aliphatic heterocycles. The van der Waals surface area contributed by atoms with E-state index in [1.54, 1.807) is 30.3 Å². The van der Waals surface area contributed by atoms with E-state index in [0.29, 0.717) is 11.5 Å². The van der Waals surface area contributed by atoms with Crippen molar-refractivity contribution < 1.29 is 27.4 Å². The van der Waals surface area contributed by atoms with Crippen molar-refractivity contribution in [3.8, 4) is 11.5 Å². The van der Waals surface area contributed by atoms with Crippen molar-refractivity contribution in [3.05, 3.63) is 57.9 Å². The molecule has 3 aromatic rings. The second-order valence-corrected chi connectivity index (χ2v) is 8.21. The average molecular weight is 450 g/mol. The van der Waals surface area contributed by atoms with Gasteiger partial charge in [-0.15, -0.1) is 11.3 Å². The van der Waals surface area contributed by atoms with Gasteiger partial charge < -0.3 is 20.1 Å². The maximum atomic E-state index is 13.7. The summed E-state index contributed by atoms with van der Waals surface area (Å²) in [5.41, 5.74) is 0.840. The maximum absolute atomic E-state index is 13.7. The van der Waals surface area contributed by atoms with Crippen molar-refractivity contribution in [1.82, 2.24) is 15.1 Å². The Bertz CT molecular complexity index is 1110. The van der Waals surface area contributed by atoms with Gasteiger partial charge in [-0.05, 0) is 29.1 Å². The van der Waals surface area contributed by atoms with Crippen LogP contribution in [0.3, 0.4) is 0 Å². The van der Waals surface area contributed by atoms with Crippen molar-refractivity contribution >= 4 is 23.1 Å². The highest BCUT2D eigenvalue weighted by Gasteiger charge is 2.47. The maximum Gasteiger partial charge on any atom is 0.410 e. The molecular weight excluding hydrogens is 433 g/mol. The van der Waals surface area contributed by atoms with Crippen LogP contribution < -0.4 is 20.1 Å². The fraction of sp³-hybridized carbons (Fsp3) is 0.300. The summed E-state index contributed by atoms with van der Waals surface area (Å²) in [5, 5.41) is 11.5. The first-order chi connectivity index (χ1) is 14.9. The van der Waals surface area contributed by atoms with Crippen molar-refractivity contribution in [3.63, 3.8) is 0 Å². The van der Waals surface area contributed by atoms with Gasteiger partial charge in [0, 0.05) is 17.8 Å². The minimum atomic E-state index is -4.49. The standard InChI is InChI=1S/C20H17F3N4O3S/c21-20(22,23)17-7-13(16-2-1-5-31-16)26-18-12(9-25-27(17)18)19(28)24-8-11-3-4-14-15(6-11)30-10-29-14/h1-6,9,13,17,26H,7-8,10H2,(H,24,28)/t13-,17+/m0/s1. The van der Waals surface area contributed by atoms with E-state index in [9.17, 15) is 18.0 Å². The van der Waals surface area contributed by atoms with E-state index in [4.69, 9.17) is 9.47 Å². The Morgan fingerprint density at radius 2 is 2.13 bits per heavy atom. The molecule has 2 aromatic heterocycles. The number of fused-ring (bicyclic) bond motifs is 2. The largest absolute Gasteiger partial charge is 0.454 e. The molecule has 0 saturated carbocycles. The number of hydrogen-bond acceptors (Lipinski definition) is 6. The molecule has 0 unspecified atom stereocenters. The zero-order valence-electron chi connectivity index (χ0n) is 16.0. The number of ether oxygens (including phenoxy) is 2. The highest BCUT2D eigenvalue weighted by atomic mass is 32.1. The summed E-state index contributed by atoms with van der Waals surface area (Å²) in [6.07, 6.45) is -3.51. The van der Waals surface area contributed by atoms with E-state index in [2.05, 4.69) is 15.7 Å². The third kappa shape index (κ3) is 3.69. The fourth-order valence-corrected chi connectivity index (χ4v) is 4.52. The molecule has 0 aliphatic carbocycles. The lowest BCUT2D eigenvalue weighted by Gasteiger charge is -2.33. The molecule has 2 atom stereocenters. The summed E-state index contributed by atoms with van der Waals surface area (Å²) in [6.45, 7) is 0.322. The van der Waals surface area contributed by atoms with Gasteiger partial charge in [-0.1, -0.05) is 12.1 Å². The number of halogens is 3. The highest BCUT2D eigenvalue weighted by molar-refractivity contribution is 7.10. The number of amides is 1. The van der Waals surface area contributed by atoms with Crippen LogP contribution in [-0.4, -0.2) is 28.7 Å². The third-order valence-corrected chi connectivity index (χ3v) is 6.25. The average Bonchev–Trinajstić information content (AvgIpc) is 3.50. The molecule has 1 amide bonds. The van der Waals surface area contributed by atoms with Crippen LogP contribution in [0.5, 0.6) is 11.5 Å². The number of nitrogens with one attached hydrogen (secondary N) is 2. The zero-order chi connectivity index (χ0) is 21.6. The van der Waals surface area contributed by atoms with E-state index in [0.717, 1.165) is 15.1 Å². The fourth-order valence-electron chi connectivity index (χ4n) is 3.73. The number of aromatic nitrogens is 2. The van der Waals surface area contributed by atoms with Crippen molar-refractivity contribution in [1.29, 1.82) is 0 Å². The molecule has 0 radical (unpaired) electrons. The summed E-state index contributed by atoms with van der Waals surface area (Å²) >= 11 is 1.37. The van der Waals surface area contributed by atoms with Gasteiger partial charge >= 0.3 is 6.18 Å². The number of carbonyl (C=O) groups is 1. The Labute approximate surface area is 178 Å². The van der Waals surface area contributed by atoms with Crippen LogP contribution in [0.2, 0.25) is 0 Å². The Hall–Kier alpha value is -3.21. The van der Waals surface area contributed by atoms with E-state index in [-0.39, 0.29) is 31.1 Å². The van der Waals surface area contributed by atoms with Crippen LogP contribution in [0.25, 0.3) is 0 Å². The van der Waals surface area contributed by atoms with Gasteiger partial charge in [-0.3, -0.25) is 4.79 Å². The SMILES string of the molecule is O=C(NCc1ccc2c(c1)OCO2)c1cnn2c1N[C@H](c1cccs1)C[C@@H]2C(F)(F)F. The van der Waals surface area contributed by atoms with Crippen LogP contribution in [0.15, 0.2) is 41.9 Å². The molecule has 0 saturated heterocycles. The third-order valence-electron chi connectivity index (χ3n) is 5.26. The van der Waals surface area contributed by atoms with Gasteiger partial charge in [0.2, 0.25) is 6.79 Å². The number of benzene rings is 1. The topological polar surface area (TPSA) is 77.4 Å². The molecular formula is C20H17F3N4O3S. The molecule has 31 heavy (non-hydrogen) atoms. The molecule has 11 heteroatoms. The number of rotatable bonds is 4. The van der Waals surface area contributed by atoms with E-state index >= 15 is 0 Å². The number of hydrogen-bond donors (Lipinski definition) is 2. The van der Waals surface area contributed by atoms with E-state index in [1.165, 1.54) is 17.5 Å². The smallest absolute Gasteiger partial charge is 0.410 e. The normalized spacial score (nSPS) is 19.6. The van der Waals surface area contributed by atoms with Crippen molar-refractivity contribution in [2.24, 2.45) is 0 Å². The summed E-state index contributed by atoms with van der Waals surface area (Å²) < 4.78 is 52.6. The first-order valence-corrected chi connectivity index (χ1v) is 10.4. The Morgan fingerprint density at radius 3 is 2.90 bits per heavy atom. The minimum Gasteiger partial charge on any atom is -0.454 e. The number of thiophene rings is 1. The summed E-state index contributed by atoms with van der Waals surface area (Å²) in [6, 6.07) is 6.47. The van der Waals surface area contributed by atoms with Gasteiger partial charge in [-0.25, -0.2) is 4.68 Å². The van der Waals surface area contributed by atoms with Gasteiger partial charge in [0.1, 0.15) is 11.4 Å². The number of alkyl halides is 3. The number of nitrogens with zero attached hydrogens (tertiary/aromatic N) is 2. The Balaban J connectivity index is 1.38. The predicted molar refractivity (Wildman–Crippen MR) is 106 cm³/mol. The molecule has 0 spiro atoms. The first-order valence-electron chi connectivity index (χ1n) is 9.51. The molecule has 0 fully saturated rings. The van der Waals surface area contributed by atoms with Crippen LogP contribution >= 0.6 is 11.3 Å². The summed E-state index contributed by atoms with van der Waals surface area (Å²) in [7, 11) is 0. The number of anilines is 1. The van der Waals surface area contributed by atoms with Crippen molar-refractivity contribution in [2.45, 2.75) is 31.2 Å². The monoisotopic (exact) mass is 450 g/mol.